The topological polar surface area (TPSA) is 114 Å². The van der Waals surface area contributed by atoms with Crippen LogP contribution in [0.1, 0.15) is 45.1 Å². The Labute approximate surface area is 206 Å². The highest BCUT2D eigenvalue weighted by molar-refractivity contribution is 6.04. The smallest absolute Gasteiger partial charge is 0.451 e. The number of likely N-dealkylation sites (N-methyl/N-ethyl adjacent to an activating group) is 1. The van der Waals surface area contributed by atoms with E-state index in [4.69, 9.17) is 9.47 Å². The zero-order valence-electron chi connectivity index (χ0n) is 20.6. The van der Waals surface area contributed by atoms with Crippen LogP contribution in [0.4, 0.5) is 30.6 Å². The normalized spacial score (nSPS) is 21.7. The van der Waals surface area contributed by atoms with Crippen LogP contribution in [0.5, 0.6) is 5.75 Å². The minimum atomic E-state index is -4.60. The quantitative estimate of drug-likeness (QED) is 0.565. The van der Waals surface area contributed by atoms with Crippen molar-refractivity contribution in [1.29, 1.82) is 0 Å². The van der Waals surface area contributed by atoms with Crippen molar-refractivity contribution in [2.45, 2.75) is 70.5 Å². The van der Waals surface area contributed by atoms with E-state index in [9.17, 15) is 18.0 Å². The van der Waals surface area contributed by atoms with Crippen molar-refractivity contribution in [2.24, 2.45) is 0 Å². The predicted molar refractivity (Wildman–Crippen MR) is 126 cm³/mol. The number of aryl methyl sites for hydroxylation is 1. The molecule has 0 aromatic carbocycles. The van der Waals surface area contributed by atoms with E-state index in [2.05, 4.69) is 37.1 Å². The molecule has 0 radical (unpaired) electrons. The van der Waals surface area contributed by atoms with E-state index in [1.807, 2.05) is 20.8 Å². The predicted octanol–water partition coefficient (Wildman–Crippen LogP) is 3.70. The SMILES string of the molecule is C=C(OC(C)(C)C)[C@H]1C(=O)Nc2c(C)nc(N[C@H]3C[C@H](Oc4cnc(C(F)(F)F)nc4)C3)nc2N1C. The maximum absolute atomic E-state index is 12.8. The van der Waals surface area contributed by atoms with E-state index in [-0.39, 0.29) is 23.8 Å². The van der Waals surface area contributed by atoms with Crippen LogP contribution in [0.3, 0.4) is 0 Å². The van der Waals surface area contributed by atoms with E-state index in [1.165, 1.54) is 0 Å². The first-order valence-electron chi connectivity index (χ1n) is 11.3. The number of ether oxygens (including phenoxy) is 2. The zero-order chi connectivity index (χ0) is 26.4. The first-order valence-corrected chi connectivity index (χ1v) is 11.3. The summed E-state index contributed by atoms with van der Waals surface area (Å²) in [5, 5.41) is 6.11. The van der Waals surface area contributed by atoms with Crippen LogP contribution in [-0.2, 0) is 15.7 Å². The third kappa shape index (κ3) is 5.44. The molecule has 1 saturated carbocycles. The van der Waals surface area contributed by atoms with Crippen LogP contribution >= 0.6 is 0 Å². The molecule has 1 fully saturated rings. The van der Waals surface area contributed by atoms with Gasteiger partial charge in [-0.3, -0.25) is 4.79 Å². The van der Waals surface area contributed by atoms with Gasteiger partial charge in [0.05, 0.1) is 18.1 Å². The molecule has 10 nitrogen and oxygen atoms in total. The fraction of sp³-hybridized carbons (Fsp3) is 0.522. The van der Waals surface area contributed by atoms with Crippen molar-refractivity contribution >= 4 is 23.4 Å². The second-order valence-corrected chi connectivity index (χ2v) is 9.81. The Hall–Kier alpha value is -3.64. The molecule has 13 heteroatoms. The summed E-state index contributed by atoms with van der Waals surface area (Å²) in [6, 6.07) is -0.757. The molecule has 36 heavy (non-hydrogen) atoms. The van der Waals surface area contributed by atoms with E-state index in [1.54, 1.807) is 18.9 Å². The highest BCUT2D eigenvalue weighted by Gasteiger charge is 2.38. The Balaban J connectivity index is 1.39. The highest BCUT2D eigenvalue weighted by Crippen LogP contribution is 2.36. The van der Waals surface area contributed by atoms with Crippen molar-refractivity contribution in [1.82, 2.24) is 19.9 Å². The highest BCUT2D eigenvalue weighted by atomic mass is 19.4. The molecule has 2 aliphatic rings. The van der Waals surface area contributed by atoms with Gasteiger partial charge in [-0.1, -0.05) is 6.58 Å². The number of hydrogen-bond acceptors (Lipinski definition) is 9. The fourth-order valence-corrected chi connectivity index (χ4v) is 4.00. The molecule has 4 rings (SSSR count). The van der Waals surface area contributed by atoms with Gasteiger partial charge in [0.2, 0.25) is 11.8 Å². The number of amides is 1. The van der Waals surface area contributed by atoms with Crippen molar-refractivity contribution in [2.75, 3.05) is 22.6 Å². The van der Waals surface area contributed by atoms with E-state index in [0.29, 0.717) is 41.7 Å². The van der Waals surface area contributed by atoms with Gasteiger partial charge < -0.3 is 25.0 Å². The summed E-state index contributed by atoms with van der Waals surface area (Å²) >= 11 is 0. The number of hydrogen-bond donors (Lipinski definition) is 2. The number of alkyl halides is 3. The molecule has 194 valence electrons. The molecule has 0 unspecified atom stereocenters. The Morgan fingerprint density at radius 2 is 1.83 bits per heavy atom. The van der Waals surface area contributed by atoms with Crippen LogP contribution in [0, 0.1) is 6.92 Å². The van der Waals surface area contributed by atoms with Crippen LogP contribution < -0.4 is 20.3 Å². The first-order chi connectivity index (χ1) is 16.7. The molecule has 2 aromatic rings. The van der Waals surface area contributed by atoms with Gasteiger partial charge in [-0.15, -0.1) is 0 Å². The number of carbonyl (C=O) groups is 1. The third-order valence-electron chi connectivity index (χ3n) is 5.64. The largest absolute Gasteiger partial charge is 0.490 e. The molecule has 2 N–H and O–H groups in total. The average molecular weight is 508 g/mol. The molecular formula is C23H28F3N7O3. The lowest BCUT2D eigenvalue weighted by atomic mass is 9.89. The summed E-state index contributed by atoms with van der Waals surface area (Å²) in [7, 11) is 1.75. The van der Waals surface area contributed by atoms with Gasteiger partial charge in [0.1, 0.15) is 23.2 Å². The molecule has 0 bridgehead atoms. The molecule has 1 atom stereocenters. The number of anilines is 3. The molecule has 1 aliphatic carbocycles. The number of fused-ring (bicyclic) bond motifs is 1. The van der Waals surface area contributed by atoms with Gasteiger partial charge in [-0.25, -0.2) is 15.0 Å². The number of rotatable bonds is 6. The molecule has 2 aromatic heterocycles. The lowest BCUT2D eigenvalue weighted by Crippen LogP contribution is -2.49. The van der Waals surface area contributed by atoms with Crippen LogP contribution in [0.25, 0.3) is 0 Å². The van der Waals surface area contributed by atoms with Gasteiger partial charge in [0.25, 0.3) is 5.91 Å². The van der Waals surface area contributed by atoms with Gasteiger partial charge in [0.15, 0.2) is 17.6 Å². The molecule has 0 spiro atoms. The Bertz CT molecular complexity index is 1160. The second-order valence-electron chi connectivity index (χ2n) is 9.81. The molecular weight excluding hydrogens is 479 g/mol. The zero-order valence-corrected chi connectivity index (χ0v) is 20.6. The molecule has 1 aliphatic heterocycles. The van der Waals surface area contributed by atoms with Gasteiger partial charge in [0, 0.05) is 25.9 Å². The molecule has 3 heterocycles. The number of nitrogens with one attached hydrogen (secondary N) is 2. The fourth-order valence-electron chi connectivity index (χ4n) is 4.00. The number of carbonyl (C=O) groups excluding carboxylic acids is 1. The lowest BCUT2D eigenvalue weighted by Gasteiger charge is -2.38. The van der Waals surface area contributed by atoms with Gasteiger partial charge >= 0.3 is 6.18 Å². The van der Waals surface area contributed by atoms with Crippen LogP contribution in [0.15, 0.2) is 24.7 Å². The van der Waals surface area contributed by atoms with E-state index >= 15 is 0 Å². The Morgan fingerprint density at radius 3 is 2.42 bits per heavy atom. The second kappa shape index (κ2) is 9.10. The Morgan fingerprint density at radius 1 is 1.19 bits per heavy atom. The molecule has 1 amide bonds. The lowest BCUT2D eigenvalue weighted by molar-refractivity contribution is -0.145. The average Bonchev–Trinajstić information content (AvgIpc) is 2.71. The van der Waals surface area contributed by atoms with Crippen molar-refractivity contribution < 1.29 is 27.4 Å². The Kier molecular flexibility index (Phi) is 6.43. The van der Waals surface area contributed by atoms with E-state index in [0.717, 1.165) is 12.4 Å². The summed E-state index contributed by atoms with van der Waals surface area (Å²) in [4.78, 5) is 30.2. The van der Waals surface area contributed by atoms with E-state index < -0.39 is 23.6 Å². The van der Waals surface area contributed by atoms with Gasteiger partial charge in [-0.2, -0.15) is 18.2 Å². The monoisotopic (exact) mass is 507 g/mol. The minimum absolute atomic E-state index is 0.00120. The van der Waals surface area contributed by atoms with Crippen molar-refractivity contribution in [3.05, 3.63) is 36.3 Å². The summed E-state index contributed by atoms with van der Waals surface area (Å²) < 4.78 is 49.3. The first kappa shape index (κ1) is 25.5. The van der Waals surface area contributed by atoms with Gasteiger partial charge in [-0.05, 0) is 27.7 Å². The summed E-state index contributed by atoms with van der Waals surface area (Å²) in [6.45, 7) is 11.4. The number of nitrogens with zero attached hydrogens (tertiary/aromatic N) is 5. The maximum Gasteiger partial charge on any atom is 0.451 e. The van der Waals surface area contributed by atoms with Crippen LogP contribution in [-0.4, -0.2) is 56.7 Å². The molecule has 0 saturated heterocycles. The summed E-state index contributed by atoms with van der Waals surface area (Å²) in [5.74, 6) is -0.0877. The minimum Gasteiger partial charge on any atom is -0.490 e. The number of aromatic nitrogens is 4. The standard InChI is InChI=1S/C23H28F3N7O3/c1-11-16-18(33(6)17(19(34)31-16)12(2)36-22(3,4)5)32-21(29-11)30-13-7-14(8-13)35-15-9-27-20(28-10-15)23(24,25)26/h9-10,13-14,17H,2,7-8H2,1,3-6H3,(H,31,34)(H,29,30,32)/t13-,14-,17-/m0/s1. The van der Waals surface area contributed by atoms with Crippen molar-refractivity contribution in [3.8, 4) is 5.75 Å². The van der Waals surface area contributed by atoms with Crippen molar-refractivity contribution in [3.63, 3.8) is 0 Å². The van der Waals surface area contributed by atoms with Crippen LogP contribution in [0.2, 0.25) is 0 Å². The summed E-state index contributed by atoms with van der Waals surface area (Å²) in [5.41, 5.74) is 0.602. The summed E-state index contributed by atoms with van der Waals surface area (Å²) in [6.07, 6.45) is -1.58. The number of halogens is 3. The third-order valence-corrected chi connectivity index (χ3v) is 5.64. The maximum atomic E-state index is 12.8.